The normalized spacial score (nSPS) is 11.3. The lowest BCUT2D eigenvalue weighted by atomic mass is 10.2. The lowest BCUT2D eigenvalue weighted by molar-refractivity contribution is -0.384. The van der Waals surface area contributed by atoms with Crippen molar-refractivity contribution in [1.82, 2.24) is 9.99 Å². The number of nitro benzene ring substituents is 1. The van der Waals surface area contributed by atoms with Gasteiger partial charge in [-0.25, -0.2) is 5.43 Å². The molecule has 0 saturated carbocycles. The number of benzene rings is 2. The molecule has 0 radical (unpaired) electrons. The molecule has 0 saturated heterocycles. The van der Waals surface area contributed by atoms with Gasteiger partial charge in [0.25, 0.3) is 5.69 Å². The van der Waals surface area contributed by atoms with Gasteiger partial charge in [0.05, 0.1) is 27.0 Å². The first-order valence-electron chi connectivity index (χ1n) is 8.56. The van der Waals surface area contributed by atoms with Gasteiger partial charge in [-0.1, -0.05) is 22.0 Å². The molecule has 1 N–H and O–H groups in total. The first kappa shape index (κ1) is 20.0. The maximum absolute atomic E-state index is 12.4. The van der Waals surface area contributed by atoms with E-state index < -0.39 is 10.8 Å². The second-order valence-electron chi connectivity index (χ2n) is 6.20. The van der Waals surface area contributed by atoms with E-state index in [1.807, 2.05) is 12.1 Å². The summed E-state index contributed by atoms with van der Waals surface area (Å²) < 4.78 is 8.91. The molecule has 0 fully saturated rings. The number of nitrogens with zero attached hydrogens (tertiary/aromatic N) is 3. The van der Waals surface area contributed by atoms with E-state index in [1.54, 1.807) is 41.1 Å². The number of halogens is 2. The van der Waals surface area contributed by atoms with Crippen LogP contribution in [0.15, 0.2) is 79.3 Å². The van der Waals surface area contributed by atoms with Crippen molar-refractivity contribution in [1.29, 1.82) is 0 Å². The number of amides is 1. The van der Waals surface area contributed by atoms with Crippen LogP contribution in [0.5, 0.6) is 0 Å². The highest BCUT2D eigenvalue weighted by atomic mass is 79.9. The number of carbonyl (C=O) groups is 1. The maximum atomic E-state index is 12.4. The van der Waals surface area contributed by atoms with E-state index in [9.17, 15) is 14.9 Å². The number of nitro groups is 1. The number of rotatable bonds is 5. The number of fused-ring (bicyclic) bond motifs is 1. The minimum atomic E-state index is -0.501. The van der Waals surface area contributed by atoms with Crippen molar-refractivity contribution in [2.75, 3.05) is 0 Å². The van der Waals surface area contributed by atoms with E-state index in [0.717, 1.165) is 14.3 Å². The highest BCUT2D eigenvalue weighted by Crippen LogP contribution is 2.31. The molecule has 0 atom stereocenters. The van der Waals surface area contributed by atoms with Crippen LogP contribution in [0.3, 0.4) is 0 Å². The quantitative estimate of drug-likeness (QED) is 0.211. The average Bonchev–Trinajstić information content (AvgIpc) is 3.35. The molecular formula is C20H12Br2N4O4. The summed E-state index contributed by atoms with van der Waals surface area (Å²) in [6.45, 7) is 0. The van der Waals surface area contributed by atoms with Crippen LogP contribution < -0.4 is 5.43 Å². The first-order valence-corrected chi connectivity index (χ1v) is 10.1. The van der Waals surface area contributed by atoms with Crippen LogP contribution in [0.4, 0.5) is 5.69 Å². The monoisotopic (exact) mass is 530 g/mol. The van der Waals surface area contributed by atoms with E-state index in [4.69, 9.17) is 4.42 Å². The predicted octanol–water partition coefficient (Wildman–Crippen LogP) is 5.42. The molecule has 0 aliphatic heterocycles. The Balaban J connectivity index is 1.53. The van der Waals surface area contributed by atoms with Gasteiger partial charge in [0, 0.05) is 28.2 Å². The highest BCUT2D eigenvalue weighted by molar-refractivity contribution is 9.11. The number of nitrogens with one attached hydrogen (secondary N) is 1. The predicted molar refractivity (Wildman–Crippen MR) is 119 cm³/mol. The SMILES string of the molecule is O=C(N/N=C\c1cccn1-c1cccc([N+](=O)[O-])c1)c1cc2cc(Br)cc(Br)c2o1. The Hall–Kier alpha value is -3.24. The molecule has 1 amide bonds. The highest BCUT2D eigenvalue weighted by Gasteiger charge is 2.14. The van der Waals surface area contributed by atoms with E-state index >= 15 is 0 Å². The summed E-state index contributed by atoms with van der Waals surface area (Å²) in [6, 6.07) is 15.1. The first-order chi connectivity index (χ1) is 14.4. The zero-order chi connectivity index (χ0) is 21.3. The van der Waals surface area contributed by atoms with Gasteiger partial charge in [-0.15, -0.1) is 0 Å². The van der Waals surface area contributed by atoms with Crippen LogP contribution in [0, 0.1) is 10.1 Å². The number of carbonyl (C=O) groups excluding carboxylic acids is 1. The molecule has 0 bridgehead atoms. The number of non-ortho nitro benzene ring substituents is 1. The molecule has 0 unspecified atom stereocenters. The van der Waals surface area contributed by atoms with Crippen LogP contribution >= 0.6 is 31.9 Å². The lowest BCUT2D eigenvalue weighted by Gasteiger charge is -2.05. The van der Waals surface area contributed by atoms with Gasteiger partial charge in [-0.3, -0.25) is 14.9 Å². The van der Waals surface area contributed by atoms with Crippen LogP contribution in [0.1, 0.15) is 16.2 Å². The summed E-state index contributed by atoms with van der Waals surface area (Å²) in [4.78, 5) is 22.9. The molecular weight excluding hydrogens is 520 g/mol. The second kappa shape index (κ2) is 8.25. The second-order valence-corrected chi connectivity index (χ2v) is 7.97. The van der Waals surface area contributed by atoms with E-state index in [1.165, 1.54) is 18.3 Å². The molecule has 0 spiro atoms. The van der Waals surface area contributed by atoms with Crippen LogP contribution in [0.2, 0.25) is 0 Å². The van der Waals surface area contributed by atoms with Crippen LogP contribution in [0.25, 0.3) is 16.7 Å². The van der Waals surface area contributed by atoms with Crippen molar-refractivity contribution in [3.63, 3.8) is 0 Å². The molecule has 2 aromatic heterocycles. The van der Waals surface area contributed by atoms with Crippen molar-refractivity contribution in [3.8, 4) is 5.69 Å². The number of hydrazone groups is 1. The van der Waals surface area contributed by atoms with Gasteiger partial charge < -0.3 is 8.98 Å². The smallest absolute Gasteiger partial charge is 0.307 e. The average molecular weight is 532 g/mol. The third-order valence-corrected chi connectivity index (χ3v) is 5.27. The Morgan fingerprint density at radius 1 is 1.17 bits per heavy atom. The van der Waals surface area contributed by atoms with Crippen molar-refractivity contribution in [3.05, 3.63) is 91.3 Å². The minimum Gasteiger partial charge on any atom is -0.450 e. The summed E-state index contributed by atoms with van der Waals surface area (Å²) in [6.07, 6.45) is 3.20. The molecule has 4 aromatic rings. The summed E-state index contributed by atoms with van der Waals surface area (Å²) in [5.74, 6) is -0.381. The largest absolute Gasteiger partial charge is 0.450 e. The molecule has 10 heteroatoms. The third-order valence-electron chi connectivity index (χ3n) is 4.22. The lowest BCUT2D eigenvalue weighted by Crippen LogP contribution is -2.17. The minimum absolute atomic E-state index is 0.0138. The Morgan fingerprint density at radius 3 is 2.80 bits per heavy atom. The molecule has 4 rings (SSSR count). The zero-order valence-corrected chi connectivity index (χ0v) is 18.3. The zero-order valence-electron chi connectivity index (χ0n) is 15.1. The van der Waals surface area contributed by atoms with Gasteiger partial charge in [-0.05, 0) is 52.3 Å². The van der Waals surface area contributed by atoms with E-state index in [2.05, 4.69) is 42.4 Å². The Labute approximate surface area is 186 Å². The number of aromatic nitrogens is 1. The summed E-state index contributed by atoms with van der Waals surface area (Å²) >= 11 is 6.80. The number of hydrogen-bond donors (Lipinski definition) is 1. The molecule has 150 valence electrons. The molecule has 0 aliphatic carbocycles. The van der Waals surface area contributed by atoms with Crippen molar-refractivity contribution >= 4 is 60.6 Å². The number of furan rings is 1. The molecule has 0 aliphatic rings. The van der Waals surface area contributed by atoms with Crippen LogP contribution in [-0.2, 0) is 0 Å². The van der Waals surface area contributed by atoms with Gasteiger partial charge in [0.1, 0.15) is 5.58 Å². The van der Waals surface area contributed by atoms with Crippen LogP contribution in [-0.4, -0.2) is 21.6 Å². The molecule has 8 nitrogen and oxygen atoms in total. The van der Waals surface area contributed by atoms with E-state index in [0.29, 0.717) is 17.0 Å². The van der Waals surface area contributed by atoms with Crippen molar-refractivity contribution < 1.29 is 14.1 Å². The molecule has 2 aromatic carbocycles. The maximum Gasteiger partial charge on any atom is 0.307 e. The van der Waals surface area contributed by atoms with Gasteiger partial charge in [0.2, 0.25) is 0 Å². The van der Waals surface area contributed by atoms with Gasteiger partial charge >= 0.3 is 5.91 Å². The third kappa shape index (κ3) is 4.05. The van der Waals surface area contributed by atoms with Gasteiger partial charge in [-0.2, -0.15) is 5.10 Å². The molecule has 30 heavy (non-hydrogen) atoms. The topological polar surface area (TPSA) is 103 Å². The standard InChI is InChI=1S/C20H12Br2N4O4/c21-13-7-12-8-18(30-19(12)17(22)9-13)20(27)24-23-11-16-5-2-6-25(16)14-3-1-4-15(10-14)26(28)29/h1-11H,(H,24,27)/b23-11-. The Bertz CT molecular complexity index is 1310. The Morgan fingerprint density at radius 2 is 2.00 bits per heavy atom. The van der Waals surface area contributed by atoms with Crippen molar-refractivity contribution in [2.24, 2.45) is 5.10 Å². The van der Waals surface area contributed by atoms with Crippen molar-refractivity contribution in [2.45, 2.75) is 0 Å². The Kier molecular flexibility index (Phi) is 5.51. The fraction of sp³-hybridized carbons (Fsp3) is 0. The van der Waals surface area contributed by atoms with E-state index in [-0.39, 0.29) is 11.4 Å². The fourth-order valence-electron chi connectivity index (χ4n) is 2.89. The summed E-state index contributed by atoms with van der Waals surface area (Å²) in [5.41, 5.74) is 4.21. The summed E-state index contributed by atoms with van der Waals surface area (Å²) in [7, 11) is 0. The summed E-state index contributed by atoms with van der Waals surface area (Å²) in [5, 5.41) is 15.8. The van der Waals surface area contributed by atoms with Gasteiger partial charge in [0.15, 0.2) is 5.76 Å². The molecule has 2 heterocycles. The number of hydrogen-bond acceptors (Lipinski definition) is 5. The fourth-order valence-corrected chi connectivity index (χ4v) is 4.23.